The Hall–Kier alpha value is -1.33. The summed E-state index contributed by atoms with van der Waals surface area (Å²) in [5.74, 6) is 3.04. The van der Waals surface area contributed by atoms with E-state index < -0.39 is 0 Å². The lowest BCUT2D eigenvalue weighted by molar-refractivity contribution is 0.229. The molecule has 0 bridgehead atoms. The monoisotopic (exact) mass is 289 g/mol. The number of thioether (sulfide) groups is 1. The highest BCUT2D eigenvalue weighted by molar-refractivity contribution is 7.97. The fourth-order valence-electron chi connectivity index (χ4n) is 2.36. The molecule has 0 spiro atoms. The van der Waals surface area contributed by atoms with Crippen LogP contribution in [0.4, 0.5) is 0 Å². The van der Waals surface area contributed by atoms with Gasteiger partial charge in [0.2, 0.25) is 5.89 Å². The standard InChI is InChI=1S/C15H19N3OS/c1-11-4-2-5-12(8-11)9-20-10-13-17-14(18-19-13)15(16)6-3-7-15/h2,4-5,8H,3,6-7,9-10,16H2,1H3. The van der Waals surface area contributed by atoms with E-state index in [0.717, 1.165) is 30.8 Å². The van der Waals surface area contributed by atoms with E-state index in [-0.39, 0.29) is 5.54 Å². The molecule has 1 aromatic carbocycles. The lowest BCUT2D eigenvalue weighted by atomic mass is 9.77. The number of nitrogens with zero attached hydrogens (tertiary/aromatic N) is 2. The van der Waals surface area contributed by atoms with Gasteiger partial charge >= 0.3 is 0 Å². The Morgan fingerprint density at radius 1 is 1.35 bits per heavy atom. The van der Waals surface area contributed by atoms with Crippen molar-refractivity contribution in [2.24, 2.45) is 5.73 Å². The van der Waals surface area contributed by atoms with E-state index in [1.165, 1.54) is 11.1 Å². The molecule has 1 saturated carbocycles. The molecule has 2 N–H and O–H groups in total. The van der Waals surface area contributed by atoms with Crippen LogP contribution in [0.15, 0.2) is 28.8 Å². The van der Waals surface area contributed by atoms with Crippen molar-refractivity contribution in [2.75, 3.05) is 0 Å². The lowest BCUT2D eigenvalue weighted by Gasteiger charge is -2.34. The van der Waals surface area contributed by atoms with Crippen molar-refractivity contribution in [1.82, 2.24) is 10.1 Å². The first-order chi connectivity index (χ1) is 9.66. The van der Waals surface area contributed by atoms with Gasteiger partial charge < -0.3 is 10.3 Å². The van der Waals surface area contributed by atoms with Crippen LogP contribution in [-0.4, -0.2) is 10.1 Å². The molecule has 3 rings (SSSR count). The van der Waals surface area contributed by atoms with Gasteiger partial charge in [-0.3, -0.25) is 0 Å². The minimum atomic E-state index is -0.330. The summed E-state index contributed by atoms with van der Waals surface area (Å²) < 4.78 is 5.29. The van der Waals surface area contributed by atoms with Gasteiger partial charge in [-0.2, -0.15) is 4.98 Å². The highest BCUT2D eigenvalue weighted by Crippen LogP contribution is 2.37. The maximum absolute atomic E-state index is 6.18. The van der Waals surface area contributed by atoms with Crippen LogP contribution in [-0.2, 0) is 17.0 Å². The number of rotatable bonds is 5. The van der Waals surface area contributed by atoms with Crippen LogP contribution < -0.4 is 5.73 Å². The van der Waals surface area contributed by atoms with Crippen LogP contribution in [0, 0.1) is 6.92 Å². The molecule has 1 aliphatic carbocycles. The SMILES string of the molecule is Cc1cccc(CSCc2nc(C3(N)CCC3)no2)c1. The molecule has 2 aromatic rings. The number of hydrogen-bond acceptors (Lipinski definition) is 5. The quantitative estimate of drug-likeness (QED) is 0.916. The summed E-state index contributed by atoms with van der Waals surface area (Å²) in [6.45, 7) is 2.11. The van der Waals surface area contributed by atoms with Gasteiger partial charge in [-0.05, 0) is 31.7 Å². The van der Waals surface area contributed by atoms with Crippen LogP contribution in [0.3, 0.4) is 0 Å². The van der Waals surface area contributed by atoms with Gasteiger partial charge in [0.1, 0.15) is 0 Å². The molecule has 106 valence electrons. The van der Waals surface area contributed by atoms with Crippen molar-refractivity contribution in [3.63, 3.8) is 0 Å². The molecule has 1 heterocycles. The molecular weight excluding hydrogens is 270 g/mol. The van der Waals surface area contributed by atoms with Crippen LogP contribution in [0.1, 0.15) is 42.1 Å². The molecule has 5 heteroatoms. The molecule has 0 unspecified atom stereocenters. The third kappa shape index (κ3) is 2.88. The Kier molecular flexibility index (Phi) is 3.81. The first kappa shape index (κ1) is 13.6. The van der Waals surface area contributed by atoms with E-state index in [1.54, 1.807) is 11.8 Å². The summed E-state index contributed by atoms with van der Waals surface area (Å²) in [7, 11) is 0. The molecule has 0 aliphatic heterocycles. The molecule has 1 aliphatic rings. The summed E-state index contributed by atoms with van der Waals surface area (Å²) in [4.78, 5) is 4.43. The third-order valence-corrected chi connectivity index (χ3v) is 4.72. The summed E-state index contributed by atoms with van der Waals surface area (Å²) in [5.41, 5.74) is 8.46. The fourth-order valence-corrected chi connectivity index (χ4v) is 3.16. The van der Waals surface area contributed by atoms with Crippen LogP contribution in [0.5, 0.6) is 0 Å². The van der Waals surface area contributed by atoms with Crippen molar-refractivity contribution >= 4 is 11.8 Å². The van der Waals surface area contributed by atoms with Crippen LogP contribution in [0.25, 0.3) is 0 Å². The van der Waals surface area contributed by atoms with Crippen molar-refractivity contribution in [3.8, 4) is 0 Å². The molecular formula is C15H19N3OS. The average Bonchev–Trinajstić information content (AvgIpc) is 2.85. The van der Waals surface area contributed by atoms with Crippen molar-refractivity contribution in [1.29, 1.82) is 0 Å². The zero-order chi connectivity index (χ0) is 14.0. The molecule has 1 aromatic heterocycles. The van der Waals surface area contributed by atoms with Crippen molar-refractivity contribution in [3.05, 3.63) is 47.1 Å². The predicted octanol–water partition coefficient (Wildman–Crippen LogP) is 3.15. The zero-order valence-corrected chi connectivity index (χ0v) is 12.4. The van der Waals surface area contributed by atoms with Crippen molar-refractivity contribution < 1.29 is 4.52 Å². The average molecular weight is 289 g/mol. The Labute approximate surface area is 123 Å². The van der Waals surface area contributed by atoms with E-state index in [1.807, 2.05) is 0 Å². The van der Waals surface area contributed by atoms with Crippen molar-refractivity contribution in [2.45, 2.75) is 43.2 Å². The number of hydrogen-bond donors (Lipinski definition) is 1. The summed E-state index contributed by atoms with van der Waals surface area (Å²) in [6.07, 6.45) is 3.08. The van der Waals surface area contributed by atoms with Gasteiger partial charge in [0.05, 0.1) is 11.3 Å². The minimum Gasteiger partial charge on any atom is -0.338 e. The molecule has 4 nitrogen and oxygen atoms in total. The molecule has 0 radical (unpaired) electrons. The van der Waals surface area contributed by atoms with Gasteiger partial charge in [0, 0.05) is 5.75 Å². The van der Waals surface area contributed by atoms with Gasteiger partial charge in [0.25, 0.3) is 0 Å². The number of nitrogens with two attached hydrogens (primary N) is 1. The molecule has 20 heavy (non-hydrogen) atoms. The second kappa shape index (κ2) is 5.58. The first-order valence-electron chi connectivity index (χ1n) is 6.91. The fraction of sp³-hybridized carbons (Fsp3) is 0.467. The van der Waals surface area contributed by atoms with Gasteiger partial charge in [-0.25, -0.2) is 0 Å². The highest BCUT2D eigenvalue weighted by atomic mass is 32.2. The predicted molar refractivity (Wildman–Crippen MR) is 80.2 cm³/mol. The smallest absolute Gasteiger partial charge is 0.236 e. The second-order valence-electron chi connectivity index (χ2n) is 5.50. The van der Waals surface area contributed by atoms with E-state index in [2.05, 4.69) is 41.3 Å². The largest absolute Gasteiger partial charge is 0.338 e. The second-order valence-corrected chi connectivity index (χ2v) is 6.49. The normalized spacial score (nSPS) is 16.9. The number of benzene rings is 1. The summed E-state index contributed by atoms with van der Waals surface area (Å²) in [5, 5.41) is 4.03. The van der Waals surface area contributed by atoms with E-state index in [0.29, 0.717) is 11.7 Å². The van der Waals surface area contributed by atoms with E-state index in [4.69, 9.17) is 10.3 Å². The lowest BCUT2D eigenvalue weighted by Crippen LogP contribution is -2.44. The molecule has 0 amide bonds. The van der Waals surface area contributed by atoms with E-state index in [9.17, 15) is 0 Å². The maximum Gasteiger partial charge on any atom is 0.236 e. The van der Waals surface area contributed by atoms with Gasteiger partial charge in [-0.1, -0.05) is 35.0 Å². The summed E-state index contributed by atoms with van der Waals surface area (Å²) in [6, 6.07) is 8.54. The summed E-state index contributed by atoms with van der Waals surface area (Å²) >= 11 is 1.78. The molecule has 0 saturated heterocycles. The highest BCUT2D eigenvalue weighted by Gasteiger charge is 2.38. The number of aromatic nitrogens is 2. The minimum absolute atomic E-state index is 0.330. The van der Waals surface area contributed by atoms with Crippen LogP contribution in [0.2, 0.25) is 0 Å². The van der Waals surface area contributed by atoms with Gasteiger partial charge in [0.15, 0.2) is 5.82 Å². The topological polar surface area (TPSA) is 64.9 Å². The van der Waals surface area contributed by atoms with E-state index >= 15 is 0 Å². The Morgan fingerprint density at radius 2 is 2.20 bits per heavy atom. The zero-order valence-electron chi connectivity index (χ0n) is 11.6. The van der Waals surface area contributed by atoms with Crippen LogP contribution >= 0.6 is 11.8 Å². The molecule has 0 atom stereocenters. The number of aryl methyl sites for hydroxylation is 1. The first-order valence-corrected chi connectivity index (χ1v) is 8.06. The third-order valence-electron chi connectivity index (χ3n) is 3.74. The van der Waals surface area contributed by atoms with Gasteiger partial charge in [-0.15, -0.1) is 11.8 Å². The maximum atomic E-state index is 6.18. The molecule has 1 fully saturated rings. The Morgan fingerprint density at radius 3 is 2.90 bits per heavy atom. The Bertz CT molecular complexity index is 592. The Balaban J connectivity index is 1.54.